The molecule has 1 saturated heterocycles. The smallest absolute Gasteiger partial charge is 0.497 e. The van der Waals surface area contributed by atoms with Gasteiger partial charge in [0.1, 0.15) is 11.9 Å². The Labute approximate surface area is 224 Å². The molecule has 0 aromatic heterocycles. The molecule has 2 aromatic carbocycles. The van der Waals surface area contributed by atoms with Crippen LogP contribution in [0.2, 0.25) is 0 Å². The average Bonchev–Trinajstić information content (AvgIpc) is 3.50. The van der Waals surface area contributed by atoms with E-state index in [1.165, 1.54) is 0 Å². The first-order chi connectivity index (χ1) is 18.3. The summed E-state index contributed by atoms with van der Waals surface area (Å²) in [5.74, 6) is 1.72. The van der Waals surface area contributed by atoms with E-state index < -0.39 is 28.3 Å². The van der Waals surface area contributed by atoms with Crippen molar-refractivity contribution in [1.82, 2.24) is 9.21 Å². The lowest BCUT2D eigenvalue weighted by molar-refractivity contribution is 0.0283. The number of benzene rings is 2. The Morgan fingerprint density at radius 1 is 1.05 bits per heavy atom. The summed E-state index contributed by atoms with van der Waals surface area (Å²) in [4.78, 5) is 14.0. The Morgan fingerprint density at radius 3 is 2.42 bits per heavy atom. The van der Waals surface area contributed by atoms with E-state index in [4.69, 9.17) is 18.9 Å². The minimum absolute atomic E-state index is 0.0967. The second-order valence-corrected chi connectivity index (χ2v) is 11.6. The van der Waals surface area contributed by atoms with Crippen molar-refractivity contribution in [3.63, 3.8) is 0 Å². The topological polar surface area (TPSA) is 115 Å². The largest absolute Gasteiger partial charge is 0.506 e. The van der Waals surface area contributed by atoms with Gasteiger partial charge in [-0.1, -0.05) is 32.0 Å². The van der Waals surface area contributed by atoms with Crippen LogP contribution < -0.4 is 14.2 Å². The van der Waals surface area contributed by atoms with Gasteiger partial charge in [-0.15, -0.1) is 0 Å². The molecule has 38 heavy (non-hydrogen) atoms. The molecular weight excluding hydrogens is 512 g/mol. The number of fused-ring (bicyclic) bond motifs is 1. The molecule has 0 aliphatic carbocycles. The molecule has 11 heteroatoms. The molecule has 0 spiro atoms. The minimum Gasteiger partial charge on any atom is -0.497 e. The number of rotatable bonds is 12. The molecule has 3 atom stereocenters. The quantitative estimate of drug-likeness (QED) is 0.392. The molecule has 2 heterocycles. The number of likely N-dealkylation sites (tertiary alicyclic amines) is 1. The lowest BCUT2D eigenvalue weighted by Gasteiger charge is -2.30. The maximum atomic E-state index is 12.9. The van der Waals surface area contributed by atoms with Crippen LogP contribution in [0.15, 0.2) is 42.5 Å². The summed E-state index contributed by atoms with van der Waals surface area (Å²) in [6.45, 7) is 5.57. The summed E-state index contributed by atoms with van der Waals surface area (Å²) in [5.41, 5.74) is 1.73. The first-order valence-electron chi connectivity index (χ1n) is 12.9. The second-order valence-electron chi connectivity index (χ2n) is 9.50. The highest BCUT2D eigenvalue weighted by Crippen LogP contribution is 2.45. The van der Waals surface area contributed by atoms with Crippen molar-refractivity contribution < 1.29 is 37.3 Å². The molecule has 0 saturated carbocycles. The van der Waals surface area contributed by atoms with E-state index in [9.17, 15) is 18.3 Å². The molecule has 0 radical (unpaired) electrons. The van der Waals surface area contributed by atoms with Crippen molar-refractivity contribution in [2.24, 2.45) is 0 Å². The van der Waals surface area contributed by atoms with Gasteiger partial charge in [-0.2, -0.15) is 0 Å². The standard InChI is InChI=1S/C27H36N2O8S/c1-4-12-29(38(32,33)15-5-2)14-13-28-17-22(20-8-11-23-24(16-20)36-18-35-23)26(37-27(30)31)25(28)19-6-9-21(34-3)10-7-19/h6-11,16,22,25-26H,4-5,12-15,17-18H2,1-3H3,(H,30,31)/t22-,25-,26+/m1/s1. The van der Waals surface area contributed by atoms with Crippen LogP contribution in [0, 0.1) is 0 Å². The first kappa shape index (κ1) is 28.0. The predicted molar refractivity (Wildman–Crippen MR) is 141 cm³/mol. The molecular formula is C27H36N2O8S. The van der Waals surface area contributed by atoms with E-state index in [2.05, 4.69) is 4.90 Å². The summed E-state index contributed by atoms with van der Waals surface area (Å²) >= 11 is 0. The highest BCUT2D eigenvalue weighted by Gasteiger charge is 2.46. The fourth-order valence-corrected chi connectivity index (χ4v) is 6.89. The van der Waals surface area contributed by atoms with Crippen molar-refractivity contribution in [2.75, 3.05) is 45.8 Å². The van der Waals surface area contributed by atoms with Gasteiger partial charge in [0.25, 0.3) is 0 Å². The van der Waals surface area contributed by atoms with Crippen molar-refractivity contribution in [2.45, 2.75) is 44.8 Å². The van der Waals surface area contributed by atoms with Gasteiger partial charge in [0.2, 0.25) is 16.8 Å². The Bertz CT molecular complexity index is 1200. The molecule has 2 aromatic rings. The highest BCUT2D eigenvalue weighted by atomic mass is 32.2. The normalized spacial score (nSPS) is 21.1. The second kappa shape index (κ2) is 12.2. The van der Waals surface area contributed by atoms with Crippen LogP contribution in [0.5, 0.6) is 17.2 Å². The SMILES string of the molecule is CCCN(CCN1C[C@H](c2ccc3c(c2)OCO3)[C@H](OC(=O)O)[C@H]1c1ccc(OC)cc1)S(=O)(=O)CCC. The number of methoxy groups -OCH3 is 1. The van der Waals surface area contributed by atoms with Crippen molar-refractivity contribution in [1.29, 1.82) is 0 Å². The van der Waals surface area contributed by atoms with Crippen LogP contribution in [0.3, 0.4) is 0 Å². The Balaban J connectivity index is 1.69. The van der Waals surface area contributed by atoms with Gasteiger partial charge in [0.05, 0.1) is 18.9 Å². The number of hydrogen-bond donors (Lipinski definition) is 1. The molecule has 2 aliphatic heterocycles. The fourth-order valence-electron chi connectivity index (χ4n) is 5.30. The zero-order valence-electron chi connectivity index (χ0n) is 22.0. The zero-order chi connectivity index (χ0) is 27.3. The lowest BCUT2D eigenvalue weighted by atomic mass is 9.90. The maximum Gasteiger partial charge on any atom is 0.506 e. The lowest BCUT2D eigenvalue weighted by Crippen LogP contribution is -2.40. The van der Waals surface area contributed by atoms with E-state index in [0.717, 1.165) is 11.1 Å². The van der Waals surface area contributed by atoms with Gasteiger partial charge in [-0.3, -0.25) is 4.90 Å². The summed E-state index contributed by atoms with van der Waals surface area (Å²) < 4.78 is 49.3. The number of nitrogens with zero attached hydrogens (tertiary/aromatic N) is 2. The number of carboxylic acid groups (broad SMARTS) is 1. The molecule has 2 aliphatic rings. The summed E-state index contributed by atoms with van der Waals surface area (Å²) in [6, 6.07) is 12.6. The van der Waals surface area contributed by atoms with Gasteiger partial charge < -0.3 is 24.1 Å². The van der Waals surface area contributed by atoms with E-state index >= 15 is 0 Å². The van der Waals surface area contributed by atoms with Gasteiger partial charge in [-0.05, 0) is 48.2 Å². The molecule has 0 amide bonds. The third-order valence-corrected chi connectivity index (χ3v) is 9.09. The first-order valence-corrected chi connectivity index (χ1v) is 14.5. The average molecular weight is 549 g/mol. The van der Waals surface area contributed by atoms with Crippen LogP contribution in [0.4, 0.5) is 4.79 Å². The van der Waals surface area contributed by atoms with Gasteiger partial charge in [-0.25, -0.2) is 17.5 Å². The van der Waals surface area contributed by atoms with Crippen LogP contribution in [-0.4, -0.2) is 80.8 Å². The molecule has 4 rings (SSSR count). The van der Waals surface area contributed by atoms with Gasteiger partial charge in [0.15, 0.2) is 11.5 Å². The molecule has 0 bridgehead atoms. The number of hydrogen-bond acceptors (Lipinski definition) is 8. The Hall–Kier alpha value is -3.02. The number of sulfonamides is 1. The number of ether oxygens (including phenoxy) is 4. The summed E-state index contributed by atoms with van der Waals surface area (Å²) in [7, 11) is -1.80. The van der Waals surface area contributed by atoms with E-state index in [1.807, 2.05) is 56.3 Å². The Morgan fingerprint density at radius 2 is 1.76 bits per heavy atom. The number of carbonyl (C=O) groups is 1. The van der Waals surface area contributed by atoms with Crippen LogP contribution in [0.25, 0.3) is 0 Å². The Kier molecular flexibility index (Phi) is 9.01. The third kappa shape index (κ3) is 6.16. The van der Waals surface area contributed by atoms with E-state index in [0.29, 0.717) is 56.3 Å². The monoisotopic (exact) mass is 548 g/mol. The maximum absolute atomic E-state index is 12.9. The van der Waals surface area contributed by atoms with E-state index in [1.54, 1.807) is 11.4 Å². The minimum atomic E-state index is -3.39. The van der Waals surface area contributed by atoms with Crippen LogP contribution >= 0.6 is 0 Å². The van der Waals surface area contributed by atoms with Gasteiger partial charge in [0, 0.05) is 32.1 Å². The summed E-state index contributed by atoms with van der Waals surface area (Å²) in [5, 5.41) is 9.69. The zero-order valence-corrected chi connectivity index (χ0v) is 22.9. The molecule has 10 nitrogen and oxygen atoms in total. The van der Waals surface area contributed by atoms with Crippen molar-refractivity contribution in [3.05, 3.63) is 53.6 Å². The highest BCUT2D eigenvalue weighted by molar-refractivity contribution is 7.89. The van der Waals surface area contributed by atoms with Gasteiger partial charge >= 0.3 is 6.16 Å². The van der Waals surface area contributed by atoms with E-state index in [-0.39, 0.29) is 18.5 Å². The van der Waals surface area contributed by atoms with Crippen LogP contribution in [-0.2, 0) is 14.8 Å². The molecule has 0 unspecified atom stereocenters. The van der Waals surface area contributed by atoms with Crippen molar-refractivity contribution in [3.8, 4) is 17.2 Å². The fraction of sp³-hybridized carbons (Fsp3) is 0.519. The summed E-state index contributed by atoms with van der Waals surface area (Å²) in [6.07, 6.45) is -0.843. The van der Waals surface area contributed by atoms with Crippen LogP contribution in [0.1, 0.15) is 49.8 Å². The molecule has 1 N–H and O–H groups in total. The van der Waals surface area contributed by atoms with Crippen molar-refractivity contribution >= 4 is 16.2 Å². The molecule has 208 valence electrons. The predicted octanol–water partition coefficient (Wildman–Crippen LogP) is 4.08. The molecule has 1 fully saturated rings. The third-order valence-electron chi connectivity index (χ3n) is 7.02.